The van der Waals surface area contributed by atoms with E-state index < -0.39 is 59.6 Å². The number of hydrogen-bond donors (Lipinski definition) is 5. The molecular weight excluding hydrogens is 770 g/mol. The third kappa shape index (κ3) is 11.8. The molecule has 0 saturated carbocycles. The van der Waals surface area contributed by atoms with Crippen LogP contribution in [0.2, 0.25) is 0 Å². The van der Waals surface area contributed by atoms with Crippen LogP contribution in [0.5, 0.6) is 0 Å². The van der Waals surface area contributed by atoms with Crippen molar-refractivity contribution < 1.29 is 42.9 Å². The lowest BCUT2D eigenvalue weighted by Gasteiger charge is -2.25. The molecule has 2 fully saturated rings. The summed E-state index contributed by atoms with van der Waals surface area (Å²) in [5.74, 6) is -3.24. The van der Waals surface area contributed by atoms with Crippen molar-refractivity contribution in [1.29, 1.82) is 0 Å². The molecule has 0 aromatic carbocycles. The number of nitrogen functional groups attached to an aromatic ring is 1. The van der Waals surface area contributed by atoms with E-state index in [1.807, 2.05) is 20.8 Å². The number of imidazole rings is 1. The molecule has 59 heavy (non-hydrogen) atoms. The highest BCUT2D eigenvalue weighted by Crippen LogP contribution is 2.43. The molecule has 2 aliphatic rings. The van der Waals surface area contributed by atoms with Gasteiger partial charge in [-0.05, 0) is 32.6 Å². The maximum absolute atomic E-state index is 13.7. The van der Waals surface area contributed by atoms with Crippen molar-refractivity contribution in [2.24, 2.45) is 11.8 Å². The summed E-state index contributed by atoms with van der Waals surface area (Å²) in [4.78, 5) is 98.7. The average Bonchev–Trinajstić information content (AvgIpc) is 3.76. The topological polar surface area (TPSA) is 260 Å². The van der Waals surface area contributed by atoms with Crippen LogP contribution in [0.1, 0.15) is 92.2 Å². The number of likely N-dealkylation sites (N-methyl/N-ethyl adjacent to an activating group) is 1. The number of nitrogens with two attached hydrogens (primary N) is 1. The molecule has 0 unspecified atom stereocenters. The number of carbonyl (C=O) groups excluding carboxylic acids is 5. The normalized spacial score (nSPS) is 20.5. The fourth-order valence-corrected chi connectivity index (χ4v) is 7.31. The molecule has 4 rings (SSSR count). The lowest BCUT2D eigenvalue weighted by atomic mass is 9.89. The molecule has 0 radical (unpaired) electrons. The number of Topliss-reactive ketones (excluding diaryl/α,β-unsaturated/α-hetero) is 1. The molecule has 20 heteroatoms. The molecule has 2 aromatic rings. The molecule has 0 bridgehead atoms. The highest BCUT2D eigenvalue weighted by atomic mass is 16.8. The van der Waals surface area contributed by atoms with Crippen LogP contribution in [0, 0.1) is 11.8 Å². The van der Waals surface area contributed by atoms with Crippen LogP contribution in [0.25, 0.3) is 11.2 Å². The Balaban J connectivity index is 1.36. The summed E-state index contributed by atoms with van der Waals surface area (Å²) in [7, 11) is 3.03. The molecule has 6 atom stereocenters. The van der Waals surface area contributed by atoms with Gasteiger partial charge in [-0.3, -0.25) is 33.5 Å². The van der Waals surface area contributed by atoms with E-state index in [2.05, 4.69) is 32.5 Å². The Kier molecular flexibility index (Phi) is 16.4. The Labute approximate surface area is 342 Å². The van der Waals surface area contributed by atoms with Crippen LogP contribution in [-0.2, 0) is 44.7 Å². The number of fused-ring (bicyclic) bond motifs is 2. The van der Waals surface area contributed by atoms with E-state index in [1.54, 1.807) is 13.8 Å². The Hall–Kier alpha value is -5.08. The zero-order valence-corrected chi connectivity index (χ0v) is 35.2. The molecule has 2 aromatic heterocycles. The standard InChI is InChI=1S/C39H61N9O11/c1-9-11-12-14-23(20-24(49)28(22(3)4)43-27(51)16-13-15-26(50)41-7)33(52)42-17-19-46(8)38(55)56-21-25-30-31(59-39(5,6)58-30)35(57-25)48-32-29(34(53)45-36(40)44-32)47(18-10-2)37(48)54/h10,22-23,25,28,30-31,35H,2,9,11-21H2,1,3-8H3,(H,41,50)(H,42,52)(H,43,51)(H3,40,44,45,53)/t23-,25+,28+,30+,31+,35+/m1/s1. The quantitative estimate of drug-likeness (QED) is 0.0833. The fourth-order valence-electron chi connectivity index (χ4n) is 7.31. The van der Waals surface area contributed by atoms with E-state index in [0.717, 1.165) is 19.3 Å². The van der Waals surface area contributed by atoms with Crippen molar-refractivity contribution >= 4 is 46.7 Å². The van der Waals surface area contributed by atoms with E-state index in [4.69, 9.17) is 24.7 Å². The first-order valence-electron chi connectivity index (χ1n) is 20.2. The maximum Gasteiger partial charge on any atom is 0.409 e. The second-order valence-electron chi connectivity index (χ2n) is 15.8. The Morgan fingerprint density at radius 3 is 2.44 bits per heavy atom. The molecule has 0 spiro atoms. The molecule has 20 nitrogen and oxygen atoms in total. The van der Waals surface area contributed by atoms with Gasteiger partial charge in [0, 0.05) is 58.9 Å². The van der Waals surface area contributed by atoms with E-state index in [-0.39, 0.29) is 92.0 Å². The van der Waals surface area contributed by atoms with Gasteiger partial charge in [0.2, 0.25) is 23.7 Å². The van der Waals surface area contributed by atoms with Gasteiger partial charge in [-0.1, -0.05) is 46.1 Å². The largest absolute Gasteiger partial charge is 0.447 e. The number of H-pyrrole nitrogens is 1. The molecule has 328 valence electrons. The van der Waals surface area contributed by atoms with Crippen LogP contribution in [0.15, 0.2) is 22.2 Å². The Morgan fingerprint density at radius 2 is 1.78 bits per heavy atom. The highest BCUT2D eigenvalue weighted by molar-refractivity contribution is 5.92. The van der Waals surface area contributed by atoms with Gasteiger partial charge >= 0.3 is 11.8 Å². The van der Waals surface area contributed by atoms with E-state index in [0.29, 0.717) is 12.8 Å². The average molecular weight is 832 g/mol. The lowest BCUT2D eigenvalue weighted by Crippen LogP contribution is -2.46. The van der Waals surface area contributed by atoms with Crippen molar-refractivity contribution in [1.82, 2.24) is 40.0 Å². The van der Waals surface area contributed by atoms with Gasteiger partial charge < -0.3 is 45.5 Å². The first-order valence-corrected chi connectivity index (χ1v) is 20.2. The number of aromatic amines is 1. The number of allylic oxidation sites excluding steroid dienone is 1. The second kappa shape index (κ2) is 20.7. The van der Waals surface area contributed by atoms with Crippen molar-refractivity contribution in [2.75, 3.05) is 39.5 Å². The van der Waals surface area contributed by atoms with E-state index >= 15 is 0 Å². The number of amides is 4. The molecule has 4 amide bonds. The van der Waals surface area contributed by atoms with Crippen molar-refractivity contribution in [3.63, 3.8) is 0 Å². The smallest absolute Gasteiger partial charge is 0.409 e. The molecule has 0 aliphatic carbocycles. The second-order valence-corrected chi connectivity index (χ2v) is 15.8. The molecular formula is C39H61N9O11. The minimum atomic E-state index is -1.13. The van der Waals surface area contributed by atoms with Crippen LogP contribution in [0.4, 0.5) is 10.7 Å². The number of aromatic nitrogens is 4. The Bertz CT molecular complexity index is 1960. The van der Waals surface area contributed by atoms with Gasteiger partial charge in [0.25, 0.3) is 5.56 Å². The summed E-state index contributed by atoms with van der Waals surface area (Å²) < 4.78 is 26.5. The SMILES string of the molecule is C=CCn1c(=O)n([C@H]2O[C@@H](COC(=O)N(C)CCNC(=O)[C@H](CCCCC)CC(=O)[C@@H](NC(=O)CCCC(=O)NC)C(C)C)[C@@H]3OC(C)(C)O[C@@H]32)c2nc(N)[nH]c(=O)c21. The van der Waals surface area contributed by atoms with Crippen LogP contribution < -0.4 is 32.9 Å². The predicted octanol–water partition coefficient (Wildman–Crippen LogP) is 1.47. The first-order chi connectivity index (χ1) is 27.9. The van der Waals surface area contributed by atoms with Gasteiger partial charge in [-0.2, -0.15) is 4.98 Å². The number of nitrogens with zero attached hydrogens (tertiary/aromatic N) is 4. The van der Waals surface area contributed by atoms with Gasteiger partial charge in [0.15, 0.2) is 29.0 Å². The zero-order chi connectivity index (χ0) is 43.6. The molecule has 2 saturated heterocycles. The number of ketones is 1. The van der Waals surface area contributed by atoms with Crippen LogP contribution in [-0.4, -0.2) is 118 Å². The van der Waals surface area contributed by atoms with E-state index in [9.17, 15) is 33.6 Å². The summed E-state index contributed by atoms with van der Waals surface area (Å²) in [6.07, 6.45) is 0.673. The summed E-state index contributed by atoms with van der Waals surface area (Å²) >= 11 is 0. The summed E-state index contributed by atoms with van der Waals surface area (Å²) in [5.41, 5.74) is 4.56. The number of rotatable bonds is 22. The highest BCUT2D eigenvalue weighted by Gasteiger charge is 2.57. The van der Waals surface area contributed by atoms with Gasteiger partial charge in [0.05, 0.1) is 6.04 Å². The van der Waals surface area contributed by atoms with Crippen LogP contribution >= 0.6 is 0 Å². The number of carbonyl (C=O) groups is 5. The molecule has 2 aliphatic heterocycles. The number of anilines is 1. The molecule has 4 heterocycles. The van der Waals surface area contributed by atoms with Crippen molar-refractivity contribution in [2.45, 2.75) is 129 Å². The number of ether oxygens (including phenoxy) is 4. The van der Waals surface area contributed by atoms with Gasteiger partial charge in [-0.25, -0.2) is 14.2 Å². The third-order valence-electron chi connectivity index (χ3n) is 10.3. The monoisotopic (exact) mass is 831 g/mol. The maximum atomic E-state index is 13.7. The predicted molar refractivity (Wildman–Crippen MR) is 216 cm³/mol. The lowest BCUT2D eigenvalue weighted by molar-refractivity contribution is -0.200. The number of unbranched alkanes of at least 4 members (excludes halogenated alkanes) is 2. The van der Waals surface area contributed by atoms with Crippen molar-refractivity contribution in [3.8, 4) is 0 Å². The van der Waals surface area contributed by atoms with Crippen molar-refractivity contribution in [3.05, 3.63) is 33.5 Å². The molecule has 6 N–H and O–H groups in total. The van der Waals surface area contributed by atoms with Gasteiger partial charge in [-0.15, -0.1) is 6.58 Å². The van der Waals surface area contributed by atoms with Gasteiger partial charge in [0.1, 0.15) is 24.9 Å². The number of nitrogens with one attached hydrogen (secondary N) is 4. The number of hydrogen-bond acceptors (Lipinski definition) is 13. The first kappa shape index (κ1) is 46.6. The zero-order valence-electron chi connectivity index (χ0n) is 35.2. The summed E-state index contributed by atoms with van der Waals surface area (Å²) in [6, 6.07) is -0.787. The third-order valence-corrected chi connectivity index (χ3v) is 10.3. The Morgan fingerprint density at radius 1 is 1.08 bits per heavy atom. The summed E-state index contributed by atoms with van der Waals surface area (Å²) in [5, 5.41) is 8.15. The van der Waals surface area contributed by atoms with Crippen LogP contribution in [0.3, 0.4) is 0 Å². The minimum absolute atomic E-state index is 0.00768. The fraction of sp³-hybridized carbons (Fsp3) is 0.692. The minimum Gasteiger partial charge on any atom is -0.447 e. The van der Waals surface area contributed by atoms with E-state index in [1.165, 1.54) is 34.2 Å². The summed E-state index contributed by atoms with van der Waals surface area (Å²) in [6.45, 7) is 12.6.